The summed E-state index contributed by atoms with van der Waals surface area (Å²) in [6.45, 7) is 4.60. The number of methoxy groups -OCH3 is 1. The van der Waals surface area contributed by atoms with Crippen LogP contribution in [0.2, 0.25) is 0 Å². The lowest BCUT2D eigenvalue weighted by molar-refractivity contribution is -0.150. The Morgan fingerprint density at radius 2 is 0.515 bits per heavy atom. The molecule has 3 heteroatoms. The number of allylic oxidation sites excluding steroid dienone is 2. The van der Waals surface area contributed by atoms with Gasteiger partial charge in [0.2, 0.25) is 0 Å². The number of unbranched alkanes of at least 4 members (excludes halogenated alkanes) is 50. The van der Waals surface area contributed by atoms with Crippen molar-refractivity contribution in [2.45, 2.75) is 373 Å². The number of rotatable bonds is 58. The quantitative estimate of drug-likeness (QED) is 0.0376. The molecular formula is C63H124O3. The lowest BCUT2D eigenvalue weighted by Crippen LogP contribution is -2.29. The van der Waals surface area contributed by atoms with E-state index in [-0.39, 0.29) is 11.9 Å². The zero-order valence-electron chi connectivity index (χ0n) is 46.0. The van der Waals surface area contributed by atoms with Crippen LogP contribution in [0, 0.1) is 5.92 Å². The van der Waals surface area contributed by atoms with E-state index in [1.807, 2.05) is 0 Å². The SMILES string of the molecule is CCCCCCCCCCCCCCCCCCCC/C=C\CCCCCCCCCCCCCCCC(O)C(CCCCCCCCCCCCCCCCCCCCCC)C(=O)OC. The fraction of sp³-hybridized carbons (Fsp3) is 0.952. The summed E-state index contributed by atoms with van der Waals surface area (Å²) >= 11 is 0. The number of ether oxygens (including phenoxy) is 1. The van der Waals surface area contributed by atoms with E-state index in [1.54, 1.807) is 0 Å². The molecule has 1 N–H and O–H groups in total. The van der Waals surface area contributed by atoms with E-state index in [2.05, 4.69) is 26.0 Å². The van der Waals surface area contributed by atoms with Crippen LogP contribution in [0.3, 0.4) is 0 Å². The topological polar surface area (TPSA) is 46.5 Å². The highest BCUT2D eigenvalue weighted by atomic mass is 16.5. The Kier molecular flexibility index (Phi) is 57.7. The van der Waals surface area contributed by atoms with Gasteiger partial charge in [0.15, 0.2) is 0 Å². The summed E-state index contributed by atoms with van der Waals surface area (Å²) in [5.74, 6) is -0.561. The van der Waals surface area contributed by atoms with Gasteiger partial charge in [0.05, 0.1) is 19.1 Å². The van der Waals surface area contributed by atoms with Gasteiger partial charge in [0.1, 0.15) is 0 Å². The number of esters is 1. The molecule has 0 fully saturated rings. The second kappa shape index (κ2) is 58.5. The van der Waals surface area contributed by atoms with Crippen LogP contribution in [0.4, 0.5) is 0 Å². The Hall–Kier alpha value is -0.830. The molecule has 0 aliphatic rings. The van der Waals surface area contributed by atoms with E-state index in [9.17, 15) is 9.90 Å². The molecule has 0 bridgehead atoms. The minimum Gasteiger partial charge on any atom is -0.469 e. The Bertz CT molecular complexity index is 913. The Morgan fingerprint density at radius 3 is 0.742 bits per heavy atom. The molecule has 2 unspecified atom stereocenters. The van der Waals surface area contributed by atoms with Gasteiger partial charge in [0, 0.05) is 0 Å². The predicted octanol–water partition coefficient (Wildman–Crippen LogP) is 22.2. The van der Waals surface area contributed by atoms with Crippen LogP contribution in [0.25, 0.3) is 0 Å². The maximum Gasteiger partial charge on any atom is 0.311 e. The van der Waals surface area contributed by atoms with Crippen molar-refractivity contribution in [3.63, 3.8) is 0 Å². The van der Waals surface area contributed by atoms with Gasteiger partial charge in [-0.3, -0.25) is 4.79 Å². The van der Waals surface area contributed by atoms with Crippen molar-refractivity contribution in [1.29, 1.82) is 0 Å². The molecule has 3 nitrogen and oxygen atoms in total. The summed E-state index contributed by atoms with van der Waals surface area (Å²) in [7, 11) is 1.47. The number of carbonyl (C=O) groups is 1. The van der Waals surface area contributed by atoms with Crippen LogP contribution >= 0.6 is 0 Å². The molecule has 0 heterocycles. The van der Waals surface area contributed by atoms with Gasteiger partial charge in [-0.25, -0.2) is 0 Å². The minimum absolute atomic E-state index is 0.214. The first-order chi connectivity index (χ1) is 32.7. The van der Waals surface area contributed by atoms with Gasteiger partial charge in [-0.2, -0.15) is 0 Å². The summed E-state index contributed by atoms with van der Waals surface area (Å²) in [5.41, 5.74) is 0. The van der Waals surface area contributed by atoms with Gasteiger partial charge >= 0.3 is 5.97 Å². The first kappa shape index (κ1) is 65.2. The second-order valence-electron chi connectivity index (χ2n) is 21.6. The maximum atomic E-state index is 12.5. The molecule has 0 aromatic carbocycles. The zero-order valence-corrected chi connectivity index (χ0v) is 46.0. The maximum absolute atomic E-state index is 12.5. The van der Waals surface area contributed by atoms with E-state index < -0.39 is 6.10 Å². The molecule has 0 aliphatic heterocycles. The van der Waals surface area contributed by atoms with Gasteiger partial charge in [-0.1, -0.05) is 341 Å². The number of aliphatic hydroxyl groups is 1. The van der Waals surface area contributed by atoms with Gasteiger partial charge in [-0.15, -0.1) is 0 Å². The average molecular weight is 930 g/mol. The summed E-state index contributed by atoms with van der Waals surface area (Å²) < 4.78 is 5.10. The highest BCUT2D eigenvalue weighted by molar-refractivity contribution is 5.72. The third-order valence-corrected chi connectivity index (χ3v) is 15.1. The molecule has 394 valence electrons. The molecular weight excluding hydrogens is 805 g/mol. The van der Waals surface area contributed by atoms with Crippen molar-refractivity contribution in [2.24, 2.45) is 5.92 Å². The number of hydrogen-bond donors (Lipinski definition) is 1. The molecule has 0 aromatic heterocycles. The van der Waals surface area contributed by atoms with E-state index in [0.29, 0.717) is 0 Å². The average Bonchev–Trinajstić information content (AvgIpc) is 3.33. The van der Waals surface area contributed by atoms with Crippen LogP contribution < -0.4 is 0 Å². The van der Waals surface area contributed by atoms with Crippen molar-refractivity contribution in [3.05, 3.63) is 12.2 Å². The first-order valence-corrected chi connectivity index (χ1v) is 31.1. The van der Waals surface area contributed by atoms with Crippen LogP contribution in [-0.2, 0) is 9.53 Å². The molecule has 0 radical (unpaired) electrons. The fourth-order valence-electron chi connectivity index (χ4n) is 10.4. The second-order valence-corrected chi connectivity index (χ2v) is 21.6. The summed E-state index contributed by atoms with van der Waals surface area (Å²) in [6, 6.07) is 0. The molecule has 2 atom stereocenters. The number of aliphatic hydroxyl groups excluding tert-OH is 1. The third kappa shape index (κ3) is 52.5. The summed E-state index contributed by atoms with van der Waals surface area (Å²) in [5, 5.41) is 10.9. The predicted molar refractivity (Wildman–Crippen MR) is 296 cm³/mol. The molecule has 0 saturated heterocycles. The standard InChI is InChI=1S/C63H124O3/c1-4-6-8-10-12-14-16-18-20-22-24-26-27-28-29-30-31-32-33-34-35-36-37-38-39-40-42-44-46-48-50-52-54-56-58-60-62(64)61(63(65)66-3)59-57-55-53-51-49-47-45-43-41-25-23-21-19-17-15-13-11-9-7-5-2/h34-35,61-62,64H,4-33,36-60H2,1-3H3/b35-34-. The highest BCUT2D eigenvalue weighted by Gasteiger charge is 2.26. The molecule has 0 spiro atoms. The Balaban J connectivity index is 3.45. The van der Waals surface area contributed by atoms with E-state index in [1.165, 1.54) is 328 Å². The summed E-state index contributed by atoms with van der Waals surface area (Å²) in [6.07, 6.45) is 79.3. The zero-order chi connectivity index (χ0) is 47.7. The molecule has 66 heavy (non-hydrogen) atoms. The summed E-state index contributed by atoms with van der Waals surface area (Å²) in [4.78, 5) is 12.5. The molecule has 0 saturated carbocycles. The van der Waals surface area contributed by atoms with Crippen LogP contribution in [0.1, 0.15) is 367 Å². The molecule has 0 aliphatic carbocycles. The van der Waals surface area contributed by atoms with Crippen molar-refractivity contribution in [1.82, 2.24) is 0 Å². The van der Waals surface area contributed by atoms with Crippen molar-refractivity contribution >= 4 is 5.97 Å². The largest absolute Gasteiger partial charge is 0.469 e. The Morgan fingerprint density at radius 1 is 0.318 bits per heavy atom. The Labute approximate surface area is 417 Å². The minimum atomic E-state index is -0.553. The number of carbonyl (C=O) groups excluding carboxylic acids is 1. The van der Waals surface area contributed by atoms with E-state index >= 15 is 0 Å². The number of hydrogen-bond acceptors (Lipinski definition) is 3. The third-order valence-electron chi connectivity index (χ3n) is 15.1. The van der Waals surface area contributed by atoms with Crippen molar-refractivity contribution < 1.29 is 14.6 Å². The molecule has 0 rings (SSSR count). The van der Waals surface area contributed by atoms with Crippen LogP contribution in [0.5, 0.6) is 0 Å². The van der Waals surface area contributed by atoms with E-state index in [4.69, 9.17) is 4.74 Å². The van der Waals surface area contributed by atoms with E-state index in [0.717, 1.165) is 32.1 Å². The van der Waals surface area contributed by atoms with Crippen LogP contribution in [-0.4, -0.2) is 24.3 Å². The van der Waals surface area contributed by atoms with Gasteiger partial charge in [-0.05, 0) is 38.5 Å². The normalized spacial score (nSPS) is 12.7. The first-order valence-electron chi connectivity index (χ1n) is 31.1. The molecule has 0 amide bonds. The molecule has 0 aromatic rings. The fourth-order valence-corrected chi connectivity index (χ4v) is 10.4. The lowest BCUT2D eigenvalue weighted by Gasteiger charge is -2.20. The smallest absolute Gasteiger partial charge is 0.311 e. The lowest BCUT2D eigenvalue weighted by atomic mass is 9.91. The van der Waals surface area contributed by atoms with Gasteiger partial charge in [0.25, 0.3) is 0 Å². The van der Waals surface area contributed by atoms with Gasteiger partial charge < -0.3 is 9.84 Å². The van der Waals surface area contributed by atoms with Crippen molar-refractivity contribution in [3.8, 4) is 0 Å². The highest BCUT2D eigenvalue weighted by Crippen LogP contribution is 2.23. The van der Waals surface area contributed by atoms with Crippen molar-refractivity contribution in [2.75, 3.05) is 7.11 Å². The van der Waals surface area contributed by atoms with Crippen LogP contribution in [0.15, 0.2) is 12.2 Å². The monoisotopic (exact) mass is 929 g/mol.